The number of nitrogens with zero attached hydrogens (tertiary/aromatic N) is 6. The standard InChI is InChI=1S/C28H43N2.C26H41N2.C24H39N2/c1-16(17(2)19(4)25-14-27(29(10)11)23(8)21(25)6)18(3)20(5)26-15-28(30(12)13)24(9)22(26)7;1-16(17(2)19(4)22(7)25-13-12-14-28(25)11)18(3)20(5)24-15-26(27(9)10)23(8)21(24)6;1-16(17(2)19(4)21(6)23-12-10-14-25(23)8)18(3)20(5)22(7)24-13-11-15-26(24)9/h14-15H2,1-13H3;12-15H2,1-11H3;10-15H2,1-9H3/q3*+1. The molecule has 0 spiro atoms. The Hall–Kier alpha value is -5.49. The van der Waals surface area contributed by atoms with Crippen molar-refractivity contribution in [3.05, 3.63) is 168 Å². The van der Waals surface area contributed by atoms with E-state index in [1.165, 1.54) is 243 Å². The molecular weight excluding hydrogens is 1020 g/mol. The first kappa shape index (κ1) is 71.0. The van der Waals surface area contributed by atoms with Gasteiger partial charge >= 0.3 is 0 Å². The van der Waals surface area contributed by atoms with Crippen LogP contribution in [0.5, 0.6) is 0 Å². The fourth-order valence-corrected chi connectivity index (χ4v) is 13.9. The highest BCUT2D eigenvalue weighted by Gasteiger charge is 2.29. The van der Waals surface area contributed by atoms with Gasteiger partial charge in [0.25, 0.3) is 0 Å². The Morgan fingerprint density at radius 3 is 1.05 bits per heavy atom. The average molecular weight is 1140 g/mol. The minimum absolute atomic E-state index is 1.04. The molecule has 1 saturated heterocycles. The summed E-state index contributed by atoms with van der Waals surface area (Å²) in [6, 6.07) is 0. The maximum atomic E-state index is 2.43. The van der Waals surface area contributed by atoms with Gasteiger partial charge in [-0.2, -0.15) is 0 Å². The lowest BCUT2D eigenvalue weighted by molar-refractivity contribution is -0.488. The fraction of sp³-hybridized carbons (Fsp3) is 0.577. The Kier molecular flexibility index (Phi) is 25.1. The summed E-state index contributed by atoms with van der Waals surface area (Å²) in [6.45, 7) is 58.6. The molecule has 0 aromatic heterocycles. The van der Waals surface area contributed by atoms with E-state index in [2.05, 4.69) is 258 Å². The second kappa shape index (κ2) is 29.7. The molecule has 462 valence electrons. The lowest BCUT2D eigenvalue weighted by Gasteiger charge is -2.20. The van der Waals surface area contributed by atoms with E-state index in [0.717, 1.165) is 19.3 Å². The number of hydrogen-bond acceptors (Lipinski definition) is 3. The number of rotatable bonds is 13. The first-order valence-corrected chi connectivity index (χ1v) is 32.0. The predicted molar refractivity (Wildman–Crippen MR) is 372 cm³/mol. The SMILES string of the molecule is C/C(C1=[N+](C)CCC1)=C(C)/C(C)=C(C)/C(C)=C(C)\C(C)=C1\CCCN1C.CC1=C(/C(C)=C(C)/C(C)=C(C)/C(C)=C(/C)C2=[N+](C)CCC2)CC(N(C)C)=C1C.CC1=C(C)\C(=C(C)/C(C)=C(C)/C(C)=C(\C)C2=C(C)C(C)=C(N(C)C)C2)CC1=[N+](C)C. The van der Waals surface area contributed by atoms with Gasteiger partial charge in [0.2, 0.25) is 0 Å². The van der Waals surface area contributed by atoms with E-state index in [-0.39, 0.29) is 0 Å². The molecule has 6 aliphatic rings. The maximum Gasteiger partial charge on any atom is 0.183 e. The molecule has 0 aromatic carbocycles. The summed E-state index contributed by atoms with van der Waals surface area (Å²) in [5.41, 5.74) is 48.0. The Balaban J connectivity index is 0.000000271. The van der Waals surface area contributed by atoms with Crippen molar-refractivity contribution in [1.82, 2.24) is 14.7 Å². The normalized spacial score (nSPS) is 21.5. The van der Waals surface area contributed by atoms with Gasteiger partial charge in [-0.3, -0.25) is 0 Å². The molecule has 3 aliphatic carbocycles. The molecule has 0 unspecified atom stereocenters. The lowest BCUT2D eigenvalue weighted by atomic mass is 9.89. The van der Waals surface area contributed by atoms with Crippen LogP contribution < -0.4 is 0 Å². The van der Waals surface area contributed by atoms with Gasteiger partial charge in [0, 0.05) is 114 Å². The van der Waals surface area contributed by atoms with Crippen LogP contribution in [0, 0.1) is 0 Å². The number of hydrogen-bond donors (Lipinski definition) is 0. The van der Waals surface area contributed by atoms with Crippen LogP contribution in [0.15, 0.2) is 168 Å². The second-order valence-electron chi connectivity index (χ2n) is 26.9. The highest BCUT2D eigenvalue weighted by molar-refractivity contribution is 6.03. The van der Waals surface area contributed by atoms with Gasteiger partial charge < -0.3 is 14.7 Å². The molecule has 0 atom stereocenters. The van der Waals surface area contributed by atoms with E-state index in [9.17, 15) is 0 Å². The molecule has 3 heterocycles. The molecule has 6 nitrogen and oxygen atoms in total. The monoisotopic (exact) mass is 1140 g/mol. The summed E-state index contributed by atoms with van der Waals surface area (Å²) >= 11 is 0. The van der Waals surface area contributed by atoms with Crippen molar-refractivity contribution < 1.29 is 13.7 Å². The van der Waals surface area contributed by atoms with Crippen LogP contribution in [-0.2, 0) is 0 Å². The summed E-state index contributed by atoms with van der Waals surface area (Å²) in [6.07, 6.45) is 10.7. The minimum atomic E-state index is 1.04. The number of likely N-dealkylation sites (tertiary alicyclic amines) is 1. The summed E-state index contributed by atoms with van der Waals surface area (Å²) < 4.78 is 7.13. The fourth-order valence-electron chi connectivity index (χ4n) is 13.9. The molecule has 0 saturated carbocycles. The largest absolute Gasteiger partial charge is 0.380 e. The van der Waals surface area contributed by atoms with Crippen molar-refractivity contribution in [3.63, 3.8) is 0 Å². The van der Waals surface area contributed by atoms with Crippen molar-refractivity contribution in [2.75, 3.05) is 83.1 Å². The number of allylic oxidation sites excluding steroid dienone is 28. The molecule has 1 fully saturated rings. The third-order valence-corrected chi connectivity index (χ3v) is 22.2. The molecule has 0 bridgehead atoms. The summed E-state index contributed by atoms with van der Waals surface area (Å²) in [4.78, 5) is 6.97. The van der Waals surface area contributed by atoms with Gasteiger partial charge in [0.1, 0.15) is 41.3 Å². The van der Waals surface area contributed by atoms with Crippen LogP contribution in [0.3, 0.4) is 0 Å². The summed E-state index contributed by atoms with van der Waals surface area (Å²) in [7, 11) is 19.6. The van der Waals surface area contributed by atoms with Gasteiger partial charge in [0.15, 0.2) is 17.1 Å². The van der Waals surface area contributed by atoms with Gasteiger partial charge in [-0.25, -0.2) is 13.7 Å². The zero-order valence-electron chi connectivity index (χ0n) is 60.7. The van der Waals surface area contributed by atoms with Gasteiger partial charge in [-0.15, -0.1) is 0 Å². The summed E-state index contributed by atoms with van der Waals surface area (Å²) in [5, 5.41) is 0. The molecule has 0 amide bonds. The molecule has 3 aliphatic heterocycles. The minimum Gasteiger partial charge on any atom is -0.380 e. The van der Waals surface area contributed by atoms with Crippen LogP contribution >= 0.6 is 0 Å². The Morgan fingerprint density at radius 1 is 0.393 bits per heavy atom. The molecule has 6 heteroatoms. The van der Waals surface area contributed by atoms with Crippen LogP contribution in [0.2, 0.25) is 0 Å². The van der Waals surface area contributed by atoms with E-state index in [1.807, 2.05) is 0 Å². The molecule has 0 aromatic rings. The smallest absolute Gasteiger partial charge is 0.183 e. The summed E-state index contributed by atoms with van der Waals surface area (Å²) in [5.74, 6) is 0. The third kappa shape index (κ3) is 15.4. The molecule has 0 radical (unpaired) electrons. The van der Waals surface area contributed by atoms with E-state index in [4.69, 9.17) is 0 Å². The van der Waals surface area contributed by atoms with Crippen molar-refractivity contribution in [2.24, 2.45) is 0 Å². The molecule has 84 heavy (non-hydrogen) atoms. The van der Waals surface area contributed by atoms with E-state index in [0.29, 0.717) is 0 Å². The lowest BCUT2D eigenvalue weighted by Crippen LogP contribution is -2.13. The van der Waals surface area contributed by atoms with Crippen LogP contribution in [0.4, 0.5) is 0 Å². The first-order valence-electron chi connectivity index (χ1n) is 32.0. The predicted octanol–water partition coefficient (Wildman–Crippen LogP) is 19.3. The third-order valence-electron chi connectivity index (χ3n) is 22.2. The van der Waals surface area contributed by atoms with Crippen molar-refractivity contribution in [3.8, 4) is 0 Å². The van der Waals surface area contributed by atoms with Crippen LogP contribution in [-0.4, -0.2) is 129 Å². The molecule has 6 rings (SSSR count). The molecule has 0 N–H and O–H groups in total. The maximum absolute atomic E-state index is 2.43. The zero-order valence-corrected chi connectivity index (χ0v) is 60.7. The Bertz CT molecular complexity index is 3280. The van der Waals surface area contributed by atoms with Crippen LogP contribution in [0.1, 0.15) is 224 Å². The highest BCUT2D eigenvalue weighted by Crippen LogP contribution is 2.42. The second-order valence-corrected chi connectivity index (χ2v) is 26.9. The zero-order chi connectivity index (χ0) is 64.0. The van der Waals surface area contributed by atoms with Crippen molar-refractivity contribution in [1.29, 1.82) is 0 Å². The van der Waals surface area contributed by atoms with E-state index in [1.54, 1.807) is 0 Å². The quantitative estimate of drug-likeness (QED) is 0.135. The highest BCUT2D eigenvalue weighted by atomic mass is 15.1. The Labute approximate surface area is 517 Å². The van der Waals surface area contributed by atoms with Crippen molar-refractivity contribution in [2.45, 2.75) is 224 Å². The van der Waals surface area contributed by atoms with Crippen LogP contribution in [0.25, 0.3) is 0 Å². The van der Waals surface area contributed by atoms with Gasteiger partial charge in [-0.05, 0) is 313 Å². The van der Waals surface area contributed by atoms with Gasteiger partial charge in [0.05, 0.1) is 6.42 Å². The topological polar surface area (TPSA) is 18.8 Å². The van der Waals surface area contributed by atoms with Crippen molar-refractivity contribution >= 4 is 17.1 Å². The Morgan fingerprint density at radius 2 is 0.738 bits per heavy atom. The van der Waals surface area contributed by atoms with E-state index >= 15 is 0 Å². The van der Waals surface area contributed by atoms with E-state index < -0.39 is 0 Å². The average Bonchev–Trinajstić information content (AvgIpc) is 3.90. The molecular formula is C78H123N6+3. The van der Waals surface area contributed by atoms with Gasteiger partial charge in [-0.1, -0.05) is 0 Å². The first-order chi connectivity index (χ1) is 39.0.